The molecule has 1 amide bonds. The van der Waals surface area contributed by atoms with E-state index in [1.54, 1.807) is 4.68 Å². The lowest BCUT2D eigenvalue weighted by Crippen LogP contribution is -2.46. The number of hydrogen-bond acceptors (Lipinski definition) is 3. The van der Waals surface area contributed by atoms with E-state index in [0.29, 0.717) is 12.0 Å². The molecule has 0 bridgehead atoms. The van der Waals surface area contributed by atoms with Crippen LogP contribution in [0.5, 0.6) is 0 Å². The molecule has 2 N–H and O–H groups in total. The number of hydrogen-bond donors (Lipinski definition) is 2. The Hall–Kier alpha value is -1.85. The van der Waals surface area contributed by atoms with Gasteiger partial charge in [0.15, 0.2) is 0 Å². The number of carbonyl (C=O) groups is 1. The molecule has 4 rings (SSSR count). The fourth-order valence-corrected chi connectivity index (χ4v) is 3.98. The number of aryl methyl sites for hydroxylation is 1. The zero-order valence-corrected chi connectivity index (χ0v) is 15.2. The van der Waals surface area contributed by atoms with Gasteiger partial charge >= 0.3 is 0 Å². The largest absolute Gasteiger partial charge is 0.353 e. The van der Waals surface area contributed by atoms with Crippen LogP contribution in [-0.4, -0.2) is 34.8 Å². The first-order valence-electron chi connectivity index (χ1n) is 8.75. The maximum Gasteiger partial charge on any atom is 0.225 e. The Bertz CT molecular complexity index is 711. The lowest BCUT2D eigenvalue weighted by Gasteiger charge is -2.37. The van der Waals surface area contributed by atoms with Gasteiger partial charge in [-0.25, -0.2) is 0 Å². The van der Waals surface area contributed by atoms with Crippen molar-refractivity contribution < 1.29 is 4.79 Å². The molecule has 2 fully saturated rings. The van der Waals surface area contributed by atoms with E-state index in [1.165, 1.54) is 5.56 Å². The predicted molar refractivity (Wildman–Crippen MR) is 99.9 cm³/mol. The number of rotatable bonds is 4. The van der Waals surface area contributed by atoms with Gasteiger partial charge in [0, 0.05) is 38.3 Å². The third kappa shape index (κ3) is 3.72. The molecule has 134 valence electrons. The maximum absolute atomic E-state index is 12.7. The molecule has 1 aromatic carbocycles. The van der Waals surface area contributed by atoms with E-state index in [2.05, 4.69) is 40.0 Å². The Morgan fingerprint density at radius 1 is 1.20 bits per heavy atom. The van der Waals surface area contributed by atoms with Gasteiger partial charge in [-0.05, 0) is 29.9 Å². The van der Waals surface area contributed by atoms with Crippen LogP contribution in [0.15, 0.2) is 42.7 Å². The van der Waals surface area contributed by atoms with Gasteiger partial charge < -0.3 is 10.6 Å². The summed E-state index contributed by atoms with van der Waals surface area (Å²) in [5.41, 5.74) is 2.54. The molecule has 6 heteroatoms. The third-order valence-corrected chi connectivity index (χ3v) is 5.46. The van der Waals surface area contributed by atoms with E-state index in [9.17, 15) is 4.79 Å². The molecule has 0 spiro atoms. The van der Waals surface area contributed by atoms with Gasteiger partial charge in [-0.1, -0.05) is 30.3 Å². The summed E-state index contributed by atoms with van der Waals surface area (Å²) in [5, 5.41) is 10.9. The molecular weight excluding hydrogens is 336 g/mol. The van der Waals surface area contributed by atoms with Crippen LogP contribution >= 0.6 is 12.4 Å². The van der Waals surface area contributed by atoms with Crippen LogP contribution < -0.4 is 10.6 Å². The standard InChI is InChI=1S/C19H24N4O.ClH/c1-23-12-15(9-21-23)17-10-20-11-18(17)19(24)22-16-7-14(8-16)13-5-3-2-4-6-13;/h2-6,9,12,14,16-18,20H,7-8,10-11H2,1H3,(H,22,24);1H/t14?,16?,17-,18+;/m1./s1. The van der Waals surface area contributed by atoms with Gasteiger partial charge in [0.05, 0.1) is 12.1 Å². The van der Waals surface area contributed by atoms with E-state index in [0.717, 1.165) is 31.5 Å². The van der Waals surface area contributed by atoms with Crippen molar-refractivity contribution in [2.75, 3.05) is 13.1 Å². The van der Waals surface area contributed by atoms with Gasteiger partial charge in [-0.2, -0.15) is 5.10 Å². The van der Waals surface area contributed by atoms with Gasteiger partial charge in [0.2, 0.25) is 5.91 Å². The summed E-state index contributed by atoms with van der Waals surface area (Å²) in [6.07, 6.45) is 6.00. The van der Waals surface area contributed by atoms with Crippen LogP contribution in [0.2, 0.25) is 0 Å². The quantitative estimate of drug-likeness (QED) is 0.878. The summed E-state index contributed by atoms with van der Waals surface area (Å²) < 4.78 is 1.80. The molecule has 1 saturated heterocycles. The van der Waals surface area contributed by atoms with Gasteiger partial charge in [-0.15, -0.1) is 12.4 Å². The van der Waals surface area contributed by atoms with Crippen LogP contribution in [0.1, 0.15) is 35.8 Å². The van der Waals surface area contributed by atoms with E-state index < -0.39 is 0 Å². The number of nitrogens with zero attached hydrogens (tertiary/aromatic N) is 2. The molecular formula is C19H25ClN4O. The topological polar surface area (TPSA) is 59.0 Å². The van der Waals surface area contributed by atoms with Crippen molar-refractivity contribution in [3.63, 3.8) is 0 Å². The normalized spacial score (nSPS) is 28.0. The van der Waals surface area contributed by atoms with Crippen LogP contribution in [0.25, 0.3) is 0 Å². The average molecular weight is 361 g/mol. The Kier molecular flexibility index (Phi) is 5.45. The molecule has 1 aromatic heterocycles. The van der Waals surface area contributed by atoms with Crippen LogP contribution in [0.3, 0.4) is 0 Å². The van der Waals surface area contributed by atoms with Crippen molar-refractivity contribution in [2.24, 2.45) is 13.0 Å². The predicted octanol–water partition coefficient (Wildman–Crippen LogP) is 2.21. The first-order valence-corrected chi connectivity index (χ1v) is 8.75. The molecule has 0 unspecified atom stereocenters. The molecule has 1 saturated carbocycles. The number of amides is 1. The fraction of sp³-hybridized carbons (Fsp3) is 0.474. The van der Waals surface area contributed by atoms with E-state index in [1.807, 2.05) is 25.5 Å². The van der Waals surface area contributed by atoms with Gasteiger partial charge in [0.25, 0.3) is 0 Å². The minimum atomic E-state index is 0. The summed E-state index contributed by atoms with van der Waals surface area (Å²) in [5.74, 6) is 1.01. The Balaban J connectivity index is 0.00000182. The molecule has 25 heavy (non-hydrogen) atoms. The molecule has 1 aliphatic heterocycles. The van der Waals surface area contributed by atoms with Crippen LogP contribution in [0.4, 0.5) is 0 Å². The van der Waals surface area contributed by atoms with Gasteiger partial charge in [-0.3, -0.25) is 9.48 Å². The van der Waals surface area contributed by atoms with Crippen molar-refractivity contribution in [2.45, 2.75) is 30.7 Å². The number of halogens is 1. The highest BCUT2D eigenvalue weighted by molar-refractivity contribution is 5.85. The number of carbonyl (C=O) groups excluding carboxylic acids is 1. The third-order valence-electron chi connectivity index (χ3n) is 5.46. The molecule has 2 aliphatic rings. The Morgan fingerprint density at radius 3 is 2.64 bits per heavy atom. The van der Waals surface area contributed by atoms with Crippen molar-refractivity contribution >= 4 is 18.3 Å². The zero-order valence-electron chi connectivity index (χ0n) is 14.4. The summed E-state index contributed by atoms with van der Waals surface area (Å²) in [6, 6.07) is 10.9. The van der Waals surface area contributed by atoms with Crippen molar-refractivity contribution in [3.8, 4) is 0 Å². The van der Waals surface area contributed by atoms with E-state index in [4.69, 9.17) is 0 Å². The molecule has 2 aromatic rings. The Labute approximate surface area is 154 Å². The average Bonchev–Trinajstić information content (AvgIpc) is 3.19. The van der Waals surface area contributed by atoms with E-state index in [-0.39, 0.29) is 30.2 Å². The molecule has 2 heterocycles. The lowest BCUT2D eigenvalue weighted by atomic mass is 9.75. The minimum absolute atomic E-state index is 0. The second kappa shape index (κ2) is 7.58. The SMILES string of the molecule is Cl.Cn1cc([C@H]2CNC[C@@H]2C(=O)NC2CC(c3ccccc3)C2)cn1. The first kappa shape index (κ1) is 18.0. The number of aromatic nitrogens is 2. The molecule has 2 atom stereocenters. The monoisotopic (exact) mass is 360 g/mol. The number of benzene rings is 1. The van der Waals surface area contributed by atoms with Crippen molar-refractivity contribution in [1.29, 1.82) is 0 Å². The molecule has 5 nitrogen and oxygen atoms in total. The van der Waals surface area contributed by atoms with Gasteiger partial charge in [0.1, 0.15) is 0 Å². The highest BCUT2D eigenvalue weighted by Crippen LogP contribution is 2.37. The second-order valence-electron chi connectivity index (χ2n) is 7.10. The minimum Gasteiger partial charge on any atom is -0.353 e. The number of nitrogens with one attached hydrogen (secondary N) is 2. The summed E-state index contributed by atoms with van der Waals surface area (Å²) in [7, 11) is 1.92. The van der Waals surface area contributed by atoms with Crippen LogP contribution in [-0.2, 0) is 11.8 Å². The first-order chi connectivity index (χ1) is 11.7. The fourth-order valence-electron chi connectivity index (χ4n) is 3.98. The van der Waals surface area contributed by atoms with Crippen LogP contribution in [0, 0.1) is 5.92 Å². The Morgan fingerprint density at radius 2 is 1.96 bits per heavy atom. The lowest BCUT2D eigenvalue weighted by molar-refractivity contribution is -0.126. The second-order valence-corrected chi connectivity index (χ2v) is 7.10. The summed E-state index contributed by atoms with van der Waals surface area (Å²) in [6.45, 7) is 1.60. The highest BCUT2D eigenvalue weighted by atomic mass is 35.5. The summed E-state index contributed by atoms with van der Waals surface area (Å²) in [4.78, 5) is 12.7. The van der Waals surface area contributed by atoms with Crippen molar-refractivity contribution in [1.82, 2.24) is 20.4 Å². The highest BCUT2D eigenvalue weighted by Gasteiger charge is 2.38. The van der Waals surface area contributed by atoms with Crippen molar-refractivity contribution in [3.05, 3.63) is 53.9 Å². The molecule has 1 aliphatic carbocycles. The van der Waals surface area contributed by atoms with E-state index >= 15 is 0 Å². The summed E-state index contributed by atoms with van der Waals surface area (Å²) >= 11 is 0. The molecule has 0 radical (unpaired) electrons. The maximum atomic E-state index is 12.7. The zero-order chi connectivity index (χ0) is 16.5. The smallest absolute Gasteiger partial charge is 0.225 e.